The molecule has 10 heteroatoms. The number of ether oxygens (including phenoxy) is 1. The number of piperazine rings is 1. The van der Waals surface area contributed by atoms with E-state index < -0.39 is 27.8 Å². The first-order chi connectivity index (χ1) is 16.7. The Labute approximate surface area is 213 Å². The maximum absolute atomic E-state index is 13.9. The molecular weight excluding hydrogens is 517 g/mol. The van der Waals surface area contributed by atoms with Gasteiger partial charge in [-0.05, 0) is 41.5 Å². The zero-order valence-electron chi connectivity index (χ0n) is 18.7. The van der Waals surface area contributed by atoms with Gasteiger partial charge in [-0.25, -0.2) is 17.2 Å². The van der Waals surface area contributed by atoms with Gasteiger partial charge in [-0.15, -0.1) is 0 Å². The van der Waals surface area contributed by atoms with E-state index >= 15 is 0 Å². The van der Waals surface area contributed by atoms with Crippen LogP contribution in [-0.2, 0) is 14.8 Å². The van der Waals surface area contributed by atoms with Crippen molar-refractivity contribution in [1.29, 1.82) is 0 Å². The minimum Gasteiger partial charge on any atom is -0.367 e. The van der Waals surface area contributed by atoms with Gasteiger partial charge in [-0.2, -0.15) is 4.31 Å². The van der Waals surface area contributed by atoms with Crippen LogP contribution in [0.1, 0.15) is 17.2 Å². The van der Waals surface area contributed by atoms with Gasteiger partial charge in [0.05, 0.1) is 11.5 Å². The topological polar surface area (TPSA) is 49.9 Å². The lowest BCUT2D eigenvalue weighted by Crippen LogP contribution is -2.49. The van der Waals surface area contributed by atoms with Gasteiger partial charge in [0.15, 0.2) is 11.6 Å². The Morgan fingerprint density at radius 3 is 2.11 bits per heavy atom. The summed E-state index contributed by atoms with van der Waals surface area (Å²) in [4.78, 5) is 2.17. The second-order valence-electron chi connectivity index (χ2n) is 8.19. The highest BCUT2D eigenvalue weighted by Crippen LogP contribution is 2.28. The quantitative estimate of drug-likeness (QED) is 0.384. The molecule has 0 amide bonds. The van der Waals surface area contributed by atoms with Crippen LogP contribution < -0.4 is 0 Å². The fourth-order valence-electron chi connectivity index (χ4n) is 4.01. The Balaban J connectivity index is 1.36. The van der Waals surface area contributed by atoms with Crippen molar-refractivity contribution >= 4 is 33.2 Å². The Morgan fingerprint density at radius 1 is 0.829 bits per heavy atom. The molecule has 0 N–H and O–H groups in total. The summed E-state index contributed by atoms with van der Waals surface area (Å²) >= 11 is 12.0. The fourth-order valence-corrected chi connectivity index (χ4v) is 6.16. The molecule has 1 aliphatic heterocycles. The number of sulfonamides is 1. The molecule has 1 atom stereocenters. The highest BCUT2D eigenvalue weighted by Gasteiger charge is 2.29. The lowest BCUT2D eigenvalue weighted by atomic mass is 10.0. The normalized spacial score (nSPS) is 16.3. The zero-order chi connectivity index (χ0) is 25.0. The van der Waals surface area contributed by atoms with E-state index in [1.165, 1.54) is 28.6 Å². The van der Waals surface area contributed by atoms with E-state index in [1.54, 1.807) is 0 Å². The van der Waals surface area contributed by atoms with Gasteiger partial charge in [0.2, 0.25) is 10.0 Å². The predicted octanol–water partition coefficient (Wildman–Crippen LogP) is 5.38. The fraction of sp³-hybridized carbons (Fsp3) is 0.280. The van der Waals surface area contributed by atoms with Crippen LogP contribution >= 0.6 is 23.2 Å². The van der Waals surface area contributed by atoms with Crippen LogP contribution in [0.3, 0.4) is 0 Å². The number of hydrogen-bond donors (Lipinski definition) is 0. The van der Waals surface area contributed by atoms with Crippen LogP contribution in [0.25, 0.3) is 0 Å². The molecule has 1 aliphatic rings. The number of nitrogens with zero attached hydrogens (tertiary/aromatic N) is 2. The molecule has 4 rings (SSSR count). The third kappa shape index (κ3) is 6.39. The first-order valence-corrected chi connectivity index (χ1v) is 13.2. The largest absolute Gasteiger partial charge is 0.367 e. The Morgan fingerprint density at radius 2 is 1.49 bits per heavy atom. The molecule has 1 heterocycles. The molecule has 0 aliphatic carbocycles. The average Bonchev–Trinajstić information content (AvgIpc) is 2.84. The van der Waals surface area contributed by atoms with Crippen LogP contribution in [0, 0.1) is 11.6 Å². The molecule has 0 bridgehead atoms. The average molecular weight is 541 g/mol. The maximum Gasteiger partial charge on any atom is 0.243 e. The maximum atomic E-state index is 13.9. The molecule has 3 aromatic rings. The monoisotopic (exact) mass is 540 g/mol. The van der Waals surface area contributed by atoms with E-state index in [0.29, 0.717) is 44.9 Å². The van der Waals surface area contributed by atoms with Crippen molar-refractivity contribution in [2.75, 3.05) is 39.3 Å². The van der Waals surface area contributed by atoms with Crippen LogP contribution in [0.5, 0.6) is 0 Å². The molecule has 0 radical (unpaired) electrons. The van der Waals surface area contributed by atoms with E-state index in [4.69, 9.17) is 27.9 Å². The molecular formula is C25H24Cl2F2N2O3S. The molecule has 186 valence electrons. The molecule has 0 aromatic heterocycles. The summed E-state index contributed by atoms with van der Waals surface area (Å²) in [7, 11) is -3.70. The van der Waals surface area contributed by atoms with Crippen molar-refractivity contribution in [3.05, 3.63) is 99.5 Å². The van der Waals surface area contributed by atoms with Gasteiger partial charge in [-0.1, -0.05) is 59.6 Å². The summed E-state index contributed by atoms with van der Waals surface area (Å²) in [6.45, 7) is 2.57. The van der Waals surface area contributed by atoms with E-state index in [1.807, 2.05) is 30.3 Å². The SMILES string of the molecule is O=S(=O)(c1cc(Cl)cc(Cl)c1)N1CCN(CCO[C@H](c2ccccc2)c2ccc(F)c(F)c2)CC1. The molecule has 3 aromatic carbocycles. The highest BCUT2D eigenvalue weighted by molar-refractivity contribution is 7.89. The van der Waals surface area contributed by atoms with E-state index in [2.05, 4.69) is 4.90 Å². The van der Waals surface area contributed by atoms with Crippen molar-refractivity contribution in [3.8, 4) is 0 Å². The van der Waals surface area contributed by atoms with Crippen molar-refractivity contribution < 1.29 is 21.9 Å². The molecule has 1 saturated heterocycles. The van der Waals surface area contributed by atoms with Crippen molar-refractivity contribution in [3.63, 3.8) is 0 Å². The van der Waals surface area contributed by atoms with Crippen molar-refractivity contribution in [2.45, 2.75) is 11.0 Å². The summed E-state index contributed by atoms with van der Waals surface area (Å²) in [6, 6.07) is 17.4. The third-order valence-electron chi connectivity index (χ3n) is 5.85. The van der Waals surface area contributed by atoms with Gasteiger partial charge in [-0.3, -0.25) is 4.90 Å². The second-order valence-corrected chi connectivity index (χ2v) is 11.0. The Kier molecular flexibility index (Phi) is 8.42. The summed E-state index contributed by atoms with van der Waals surface area (Å²) in [5, 5.41) is 0.529. The van der Waals surface area contributed by atoms with E-state index in [9.17, 15) is 17.2 Å². The molecule has 0 unspecified atom stereocenters. The van der Waals surface area contributed by atoms with Gasteiger partial charge in [0.1, 0.15) is 6.10 Å². The van der Waals surface area contributed by atoms with Crippen molar-refractivity contribution in [2.24, 2.45) is 0 Å². The summed E-state index contributed by atoms with van der Waals surface area (Å²) in [5.41, 5.74) is 1.35. The van der Waals surface area contributed by atoms with Gasteiger partial charge in [0, 0.05) is 42.8 Å². The molecule has 0 spiro atoms. The van der Waals surface area contributed by atoms with Gasteiger partial charge < -0.3 is 4.74 Å². The summed E-state index contributed by atoms with van der Waals surface area (Å²) in [6.07, 6.45) is -0.555. The minimum atomic E-state index is -3.70. The van der Waals surface area contributed by atoms with Gasteiger partial charge >= 0.3 is 0 Å². The van der Waals surface area contributed by atoms with E-state index in [-0.39, 0.29) is 14.9 Å². The zero-order valence-corrected chi connectivity index (χ0v) is 21.0. The Bertz CT molecular complexity index is 1250. The van der Waals surface area contributed by atoms with Gasteiger partial charge in [0.25, 0.3) is 0 Å². The van der Waals surface area contributed by atoms with Crippen molar-refractivity contribution in [1.82, 2.24) is 9.21 Å². The standard InChI is InChI=1S/C25H24Cl2F2N2O3S/c26-20-15-21(27)17-22(16-20)35(32,33)31-10-8-30(9-11-31)12-13-34-25(18-4-2-1-3-5-18)19-6-7-23(28)24(29)14-19/h1-7,14-17,25H,8-13H2/t25-/m1/s1. The van der Waals surface area contributed by atoms with Crippen LogP contribution in [0.2, 0.25) is 10.0 Å². The predicted molar refractivity (Wildman–Crippen MR) is 132 cm³/mol. The first-order valence-electron chi connectivity index (χ1n) is 11.0. The summed E-state index contributed by atoms with van der Waals surface area (Å²) < 4.78 is 60.8. The van der Waals surface area contributed by atoms with Crippen LogP contribution in [0.15, 0.2) is 71.6 Å². The van der Waals surface area contributed by atoms with Crippen LogP contribution in [-0.4, -0.2) is 57.0 Å². The summed E-state index contributed by atoms with van der Waals surface area (Å²) in [5.74, 6) is -1.83. The first kappa shape index (κ1) is 26.0. The number of benzene rings is 3. The number of rotatable bonds is 8. The van der Waals surface area contributed by atoms with E-state index in [0.717, 1.165) is 17.7 Å². The molecule has 5 nitrogen and oxygen atoms in total. The third-order valence-corrected chi connectivity index (χ3v) is 8.16. The molecule has 0 saturated carbocycles. The Hall–Kier alpha value is -2.07. The second kappa shape index (κ2) is 11.3. The molecule has 35 heavy (non-hydrogen) atoms. The highest BCUT2D eigenvalue weighted by atomic mass is 35.5. The number of halogens is 4. The number of hydrogen-bond acceptors (Lipinski definition) is 4. The minimum absolute atomic E-state index is 0.0732. The van der Waals surface area contributed by atoms with Crippen LogP contribution in [0.4, 0.5) is 8.78 Å². The lowest BCUT2D eigenvalue weighted by molar-refractivity contribution is 0.0525. The smallest absolute Gasteiger partial charge is 0.243 e. The lowest BCUT2D eigenvalue weighted by Gasteiger charge is -2.34. The molecule has 1 fully saturated rings.